The van der Waals surface area contributed by atoms with Crippen molar-refractivity contribution < 1.29 is 26.4 Å². The van der Waals surface area contributed by atoms with Crippen LogP contribution in [0.2, 0.25) is 0 Å². The van der Waals surface area contributed by atoms with E-state index in [9.17, 15) is 26.4 Å². The summed E-state index contributed by atoms with van der Waals surface area (Å²) >= 11 is 0. The molecule has 8 nitrogen and oxygen atoms in total. The van der Waals surface area contributed by atoms with Gasteiger partial charge >= 0.3 is 6.18 Å². The van der Waals surface area contributed by atoms with Crippen molar-refractivity contribution in [1.82, 2.24) is 19.2 Å². The Morgan fingerprint density at radius 1 is 1.00 bits per heavy atom. The molecule has 1 aromatic heterocycles. The quantitative estimate of drug-likeness (QED) is 0.663. The van der Waals surface area contributed by atoms with Crippen molar-refractivity contribution >= 4 is 21.7 Å². The summed E-state index contributed by atoms with van der Waals surface area (Å²) < 4.78 is 65.2. The van der Waals surface area contributed by atoms with E-state index in [1.165, 1.54) is 4.31 Å². The Kier molecular flexibility index (Phi) is 6.57. The minimum atomic E-state index is -4.53. The van der Waals surface area contributed by atoms with Crippen LogP contribution in [0.3, 0.4) is 0 Å². The SMILES string of the molecule is O=C([C@@H]1CCCN(c2cnccn2)C1)N1CCN(S(=O)(=O)c2ccc(C(F)(F)F)cc2)CC1. The van der Waals surface area contributed by atoms with Crippen molar-refractivity contribution in [1.29, 1.82) is 0 Å². The maximum atomic E-state index is 13.1. The van der Waals surface area contributed by atoms with Gasteiger partial charge in [-0.15, -0.1) is 0 Å². The predicted octanol–water partition coefficient (Wildman–Crippen LogP) is 2.24. The number of hydrogen-bond donors (Lipinski definition) is 0. The van der Waals surface area contributed by atoms with Crippen LogP contribution < -0.4 is 4.90 Å². The van der Waals surface area contributed by atoms with Crippen LogP contribution in [0.1, 0.15) is 18.4 Å². The van der Waals surface area contributed by atoms with E-state index in [4.69, 9.17) is 0 Å². The number of amides is 1. The molecule has 2 fully saturated rings. The monoisotopic (exact) mass is 483 g/mol. The highest BCUT2D eigenvalue weighted by molar-refractivity contribution is 7.89. The summed E-state index contributed by atoms with van der Waals surface area (Å²) in [5.74, 6) is 0.497. The molecule has 2 aromatic rings. The normalized spacial score (nSPS) is 20.6. The first-order valence-electron chi connectivity index (χ1n) is 10.6. The summed E-state index contributed by atoms with van der Waals surface area (Å²) in [5.41, 5.74) is -0.903. The molecular formula is C21H24F3N5O3S. The van der Waals surface area contributed by atoms with Crippen LogP contribution >= 0.6 is 0 Å². The fourth-order valence-electron chi connectivity index (χ4n) is 4.21. The zero-order valence-electron chi connectivity index (χ0n) is 17.8. The third-order valence-corrected chi connectivity index (χ3v) is 7.93. The molecule has 0 saturated carbocycles. The van der Waals surface area contributed by atoms with Gasteiger partial charge in [-0.05, 0) is 37.1 Å². The number of rotatable bonds is 4. The van der Waals surface area contributed by atoms with Crippen LogP contribution in [-0.4, -0.2) is 72.8 Å². The zero-order chi connectivity index (χ0) is 23.6. The molecule has 4 rings (SSSR count). The molecule has 0 N–H and O–H groups in total. The number of piperazine rings is 1. The van der Waals surface area contributed by atoms with E-state index in [2.05, 4.69) is 9.97 Å². The number of halogens is 3. The average molecular weight is 484 g/mol. The van der Waals surface area contributed by atoms with E-state index in [-0.39, 0.29) is 42.9 Å². The topological polar surface area (TPSA) is 86.7 Å². The maximum absolute atomic E-state index is 13.1. The van der Waals surface area contributed by atoms with E-state index >= 15 is 0 Å². The van der Waals surface area contributed by atoms with Gasteiger partial charge in [0.1, 0.15) is 5.82 Å². The first-order chi connectivity index (χ1) is 15.7. The summed E-state index contributed by atoms with van der Waals surface area (Å²) in [6, 6.07) is 3.47. The van der Waals surface area contributed by atoms with Crippen LogP contribution in [0, 0.1) is 5.92 Å². The molecule has 1 atom stereocenters. The lowest BCUT2D eigenvalue weighted by molar-refractivity contribution is -0.138. The van der Waals surface area contributed by atoms with Gasteiger partial charge in [-0.2, -0.15) is 17.5 Å². The number of aromatic nitrogens is 2. The number of anilines is 1. The van der Waals surface area contributed by atoms with Crippen LogP contribution in [0.4, 0.5) is 19.0 Å². The van der Waals surface area contributed by atoms with E-state index in [0.717, 1.165) is 49.5 Å². The molecule has 33 heavy (non-hydrogen) atoms. The lowest BCUT2D eigenvalue weighted by atomic mass is 9.96. The lowest BCUT2D eigenvalue weighted by Gasteiger charge is -2.38. The largest absolute Gasteiger partial charge is 0.416 e. The van der Waals surface area contributed by atoms with Gasteiger partial charge in [0.25, 0.3) is 0 Å². The molecule has 0 unspecified atom stereocenters. The molecule has 12 heteroatoms. The van der Waals surface area contributed by atoms with Gasteiger partial charge in [-0.1, -0.05) is 0 Å². The molecule has 0 spiro atoms. The minimum Gasteiger partial charge on any atom is -0.355 e. The Morgan fingerprint density at radius 3 is 2.30 bits per heavy atom. The molecular weight excluding hydrogens is 459 g/mol. The van der Waals surface area contributed by atoms with Crippen LogP contribution in [0.25, 0.3) is 0 Å². The molecule has 3 heterocycles. The molecule has 1 amide bonds. The Hall–Kier alpha value is -2.73. The van der Waals surface area contributed by atoms with Gasteiger partial charge in [0.05, 0.1) is 22.6 Å². The first kappa shape index (κ1) is 23.4. The molecule has 2 aliphatic rings. The number of hydrogen-bond acceptors (Lipinski definition) is 6. The van der Waals surface area contributed by atoms with Gasteiger partial charge in [0.2, 0.25) is 15.9 Å². The smallest absolute Gasteiger partial charge is 0.355 e. The fourth-order valence-corrected chi connectivity index (χ4v) is 5.64. The molecule has 0 radical (unpaired) electrons. The Balaban J connectivity index is 1.36. The third-order valence-electron chi connectivity index (χ3n) is 6.01. The number of benzene rings is 1. The summed E-state index contributed by atoms with van der Waals surface area (Å²) in [7, 11) is -3.94. The highest BCUT2D eigenvalue weighted by atomic mass is 32.2. The minimum absolute atomic E-state index is 0.0184. The second-order valence-electron chi connectivity index (χ2n) is 8.10. The summed E-state index contributed by atoms with van der Waals surface area (Å²) in [5, 5.41) is 0. The molecule has 0 aliphatic carbocycles. The van der Waals surface area contributed by atoms with Gasteiger partial charge in [0, 0.05) is 51.7 Å². The highest BCUT2D eigenvalue weighted by Gasteiger charge is 2.35. The van der Waals surface area contributed by atoms with Gasteiger partial charge < -0.3 is 9.80 Å². The fraction of sp³-hybridized carbons (Fsp3) is 0.476. The molecule has 2 saturated heterocycles. The van der Waals surface area contributed by atoms with Crippen molar-refractivity contribution in [3.05, 3.63) is 48.4 Å². The van der Waals surface area contributed by atoms with Crippen LogP contribution in [0.15, 0.2) is 47.8 Å². The third kappa shape index (κ3) is 5.11. The molecule has 2 aliphatic heterocycles. The van der Waals surface area contributed by atoms with Crippen LogP contribution in [0.5, 0.6) is 0 Å². The second kappa shape index (κ2) is 9.26. The van der Waals surface area contributed by atoms with E-state index < -0.39 is 21.8 Å². The second-order valence-corrected chi connectivity index (χ2v) is 10.0. The van der Waals surface area contributed by atoms with E-state index in [1.807, 2.05) is 4.90 Å². The highest BCUT2D eigenvalue weighted by Crippen LogP contribution is 2.30. The Morgan fingerprint density at radius 2 is 1.70 bits per heavy atom. The number of nitrogens with zero attached hydrogens (tertiary/aromatic N) is 5. The Labute approximate surface area is 190 Å². The predicted molar refractivity (Wildman–Crippen MR) is 114 cm³/mol. The average Bonchev–Trinajstić information content (AvgIpc) is 2.84. The van der Waals surface area contributed by atoms with Crippen molar-refractivity contribution in [2.24, 2.45) is 5.92 Å². The number of piperidine rings is 1. The summed E-state index contributed by atoms with van der Waals surface area (Å²) in [4.78, 5) is 25.0. The van der Waals surface area contributed by atoms with E-state index in [0.29, 0.717) is 6.54 Å². The molecule has 1 aromatic carbocycles. The van der Waals surface area contributed by atoms with Crippen LogP contribution in [-0.2, 0) is 21.0 Å². The van der Waals surface area contributed by atoms with Gasteiger partial charge in [-0.25, -0.2) is 13.4 Å². The van der Waals surface area contributed by atoms with Gasteiger partial charge in [0.15, 0.2) is 0 Å². The number of carbonyl (C=O) groups excluding carboxylic acids is 1. The van der Waals surface area contributed by atoms with E-state index in [1.54, 1.807) is 23.5 Å². The maximum Gasteiger partial charge on any atom is 0.416 e. The molecule has 178 valence electrons. The molecule has 0 bridgehead atoms. The van der Waals surface area contributed by atoms with Crippen molar-refractivity contribution in [2.75, 3.05) is 44.2 Å². The standard InChI is InChI=1S/C21H24F3N5O3S/c22-21(23,24)17-3-5-18(6-4-17)33(31,32)29-12-10-27(11-13-29)20(30)16-2-1-9-28(15-16)19-14-25-7-8-26-19/h3-8,14,16H,1-2,9-13,15H2/t16-/m1/s1. The number of carbonyl (C=O) groups is 1. The summed E-state index contributed by atoms with van der Waals surface area (Å²) in [6.45, 7) is 1.98. The van der Waals surface area contributed by atoms with Crippen molar-refractivity contribution in [2.45, 2.75) is 23.9 Å². The van der Waals surface area contributed by atoms with Crippen molar-refractivity contribution in [3.63, 3.8) is 0 Å². The lowest BCUT2D eigenvalue weighted by Crippen LogP contribution is -2.53. The van der Waals surface area contributed by atoms with Crippen molar-refractivity contribution in [3.8, 4) is 0 Å². The zero-order valence-corrected chi connectivity index (χ0v) is 18.6. The van der Waals surface area contributed by atoms with Gasteiger partial charge in [-0.3, -0.25) is 9.78 Å². The summed E-state index contributed by atoms with van der Waals surface area (Å²) in [6.07, 6.45) is 1.92. The first-order valence-corrected chi connectivity index (χ1v) is 12.1. The number of alkyl halides is 3. The number of sulfonamides is 1. The Bertz CT molecular complexity index is 1070.